The fourth-order valence-corrected chi connectivity index (χ4v) is 5.90. The highest BCUT2D eigenvalue weighted by Crippen LogP contribution is 2.37. The summed E-state index contributed by atoms with van der Waals surface area (Å²) in [6.07, 6.45) is 14.8. The molecule has 1 unspecified atom stereocenters. The largest absolute Gasteiger partial charge is 0.330 e. The van der Waals surface area contributed by atoms with Crippen LogP contribution in [0.4, 0.5) is 0 Å². The second-order valence-corrected chi connectivity index (χ2v) is 10.5. The molecule has 2 N–H and O–H groups in total. The molecular formula is C30H38N2. The number of allylic oxidation sites excluding steroid dienone is 2. The Kier molecular flexibility index (Phi) is 6.62. The van der Waals surface area contributed by atoms with E-state index in [-0.39, 0.29) is 0 Å². The maximum Gasteiger partial charge on any atom is 0.0237 e. The van der Waals surface area contributed by atoms with E-state index >= 15 is 0 Å². The van der Waals surface area contributed by atoms with Gasteiger partial charge in [-0.3, -0.25) is 4.90 Å². The molecular weight excluding hydrogens is 388 g/mol. The molecule has 0 bridgehead atoms. The SMILES string of the molecule is CC1C=CC(CN(Cc2ccc3c(c2)Cc2ccccc2-3)CC2CCC(CN)CC2)=CC1. The number of fused-ring (bicyclic) bond motifs is 3. The minimum absolute atomic E-state index is 0.678. The van der Waals surface area contributed by atoms with Crippen LogP contribution in [0, 0.1) is 17.8 Å². The summed E-state index contributed by atoms with van der Waals surface area (Å²) in [5.74, 6) is 2.24. The van der Waals surface area contributed by atoms with Gasteiger partial charge in [-0.25, -0.2) is 0 Å². The third-order valence-corrected chi connectivity index (χ3v) is 7.88. The van der Waals surface area contributed by atoms with E-state index in [9.17, 15) is 0 Å². The maximum atomic E-state index is 5.94. The third-order valence-electron chi connectivity index (χ3n) is 7.88. The minimum Gasteiger partial charge on any atom is -0.330 e. The Morgan fingerprint density at radius 2 is 1.69 bits per heavy atom. The van der Waals surface area contributed by atoms with Gasteiger partial charge in [-0.1, -0.05) is 67.6 Å². The lowest BCUT2D eigenvalue weighted by molar-refractivity contribution is 0.186. The van der Waals surface area contributed by atoms with Crippen molar-refractivity contribution in [1.29, 1.82) is 0 Å². The average molecular weight is 427 g/mol. The Hall–Kier alpha value is -2.16. The van der Waals surface area contributed by atoms with Gasteiger partial charge in [0.05, 0.1) is 0 Å². The van der Waals surface area contributed by atoms with Gasteiger partial charge in [0.25, 0.3) is 0 Å². The minimum atomic E-state index is 0.678. The number of nitrogens with zero attached hydrogens (tertiary/aromatic N) is 1. The van der Waals surface area contributed by atoms with Crippen LogP contribution >= 0.6 is 0 Å². The Morgan fingerprint density at radius 1 is 0.906 bits per heavy atom. The van der Waals surface area contributed by atoms with Crippen LogP contribution in [0.3, 0.4) is 0 Å². The van der Waals surface area contributed by atoms with E-state index in [1.165, 1.54) is 72.0 Å². The molecule has 32 heavy (non-hydrogen) atoms. The molecule has 0 spiro atoms. The number of benzene rings is 2. The quantitative estimate of drug-likeness (QED) is 0.477. The fourth-order valence-electron chi connectivity index (χ4n) is 5.90. The Morgan fingerprint density at radius 3 is 2.47 bits per heavy atom. The maximum absolute atomic E-state index is 5.94. The highest BCUT2D eigenvalue weighted by Gasteiger charge is 2.24. The highest BCUT2D eigenvalue weighted by molar-refractivity contribution is 5.76. The normalized spacial score (nSPS) is 24.3. The lowest BCUT2D eigenvalue weighted by atomic mass is 9.81. The molecule has 0 aliphatic heterocycles. The van der Waals surface area contributed by atoms with Gasteiger partial charge in [0.1, 0.15) is 0 Å². The predicted molar refractivity (Wildman–Crippen MR) is 135 cm³/mol. The molecule has 0 radical (unpaired) electrons. The number of hydrogen-bond donors (Lipinski definition) is 1. The third kappa shape index (κ3) is 4.92. The van der Waals surface area contributed by atoms with Crippen molar-refractivity contribution in [3.8, 4) is 11.1 Å². The van der Waals surface area contributed by atoms with E-state index in [0.717, 1.165) is 37.9 Å². The first-order valence-corrected chi connectivity index (χ1v) is 12.7. The fraction of sp³-hybridized carbons (Fsp3) is 0.467. The van der Waals surface area contributed by atoms with Gasteiger partial charge < -0.3 is 5.73 Å². The van der Waals surface area contributed by atoms with E-state index in [1.807, 2.05) is 0 Å². The van der Waals surface area contributed by atoms with Crippen molar-refractivity contribution in [1.82, 2.24) is 4.90 Å². The van der Waals surface area contributed by atoms with Crippen LogP contribution in [0.2, 0.25) is 0 Å². The first-order chi connectivity index (χ1) is 15.7. The van der Waals surface area contributed by atoms with Gasteiger partial charge in [-0.2, -0.15) is 0 Å². The van der Waals surface area contributed by atoms with E-state index in [0.29, 0.717) is 5.92 Å². The monoisotopic (exact) mass is 426 g/mol. The van der Waals surface area contributed by atoms with Gasteiger partial charge in [0, 0.05) is 19.6 Å². The van der Waals surface area contributed by atoms with E-state index < -0.39 is 0 Å². The summed E-state index contributed by atoms with van der Waals surface area (Å²) in [7, 11) is 0. The first-order valence-electron chi connectivity index (χ1n) is 12.7. The predicted octanol–water partition coefficient (Wildman–Crippen LogP) is 6.35. The van der Waals surface area contributed by atoms with Crippen molar-refractivity contribution in [2.24, 2.45) is 23.5 Å². The molecule has 2 nitrogen and oxygen atoms in total. The molecule has 2 aromatic carbocycles. The van der Waals surface area contributed by atoms with Gasteiger partial charge in [0.15, 0.2) is 0 Å². The van der Waals surface area contributed by atoms with Gasteiger partial charge in [0.2, 0.25) is 0 Å². The first kappa shape index (κ1) is 21.7. The Balaban J connectivity index is 1.30. The summed E-state index contributed by atoms with van der Waals surface area (Å²) in [4.78, 5) is 2.71. The summed E-state index contributed by atoms with van der Waals surface area (Å²) in [5, 5.41) is 0. The Labute approximate surface area is 194 Å². The molecule has 168 valence electrons. The lowest BCUT2D eigenvalue weighted by Crippen LogP contribution is -2.33. The van der Waals surface area contributed by atoms with E-state index in [2.05, 4.69) is 72.5 Å². The molecule has 3 aliphatic rings. The molecule has 0 heterocycles. The van der Waals surface area contributed by atoms with Crippen LogP contribution in [0.5, 0.6) is 0 Å². The van der Waals surface area contributed by atoms with Crippen LogP contribution in [0.1, 0.15) is 55.7 Å². The number of nitrogens with two attached hydrogens (primary N) is 1. The molecule has 0 saturated heterocycles. The van der Waals surface area contributed by atoms with Crippen LogP contribution in [-0.2, 0) is 13.0 Å². The summed E-state index contributed by atoms with van der Waals surface area (Å²) in [5.41, 5.74) is 14.7. The highest BCUT2D eigenvalue weighted by atomic mass is 15.1. The molecule has 3 aliphatic carbocycles. The Bertz CT molecular complexity index is 994. The zero-order valence-electron chi connectivity index (χ0n) is 19.6. The summed E-state index contributed by atoms with van der Waals surface area (Å²) >= 11 is 0. The molecule has 2 heteroatoms. The smallest absolute Gasteiger partial charge is 0.0237 e. The van der Waals surface area contributed by atoms with Crippen molar-refractivity contribution in [2.75, 3.05) is 19.6 Å². The standard InChI is InChI=1S/C30H38N2/c1-22-6-8-24(9-7-22)19-32(20-25-12-10-23(18-31)11-13-25)21-26-14-15-30-28(16-26)17-27-4-2-3-5-29(27)30/h2-6,8-9,14-16,22-23,25H,7,10-13,17-21,31H2,1H3. The van der Waals surface area contributed by atoms with Gasteiger partial charge in [-0.15, -0.1) is 0 Å². The van der Waals surface area contributed by atoms with E-state index in [1.54, 1.807) is 0 Å². The molecule has 5 rings (SSSR count). The van der Waals surface area contributed by atoms with Crippen molar-refractivity contribution in [3.05, 3.63) is 83.0 Å². The second-order valence-electron chi connectivity index (χ2n) is 10.5. The number of hydrogen-bond acceptors (Lipinski definition) is 2. The van der Waals surface area contributed by atoms with Crippen molar-refractivity contribution >= 4 is 0 Å². The average Bonchev–Trinajstić information content (AvgIpc) is 3.19. The van der Waals surface area contributed by atoms with Crippen LogP contribution in [0.15, 0.2) is 66.3 Å². The topological polar surface area (TPSA) is 29.3 Å². The van der Waals surface area contributed by atoms with Crippen LogP contribution in [0.25, 0.3) is 11.1 Å². The summed E-state index contributed by atoms with van der Waals surface area (Å²) < 4.78 is 0. The zero-order chi connectivity index (χ0) is 21.9. The van der Waals surface area contributed by atoms with Crippen molar-refractivity contribution in [2.45, 2.75) is 52.0 Å². The molecule has 0 aromatic heterocycles. The number of rotatable bonds is 7. The summed E-state index contributed by atoms with van der Waals surface area (Å²) in [6, 6.07) is 16.1. The van der Waals surface area contributed by atoms with Crippen molar-refractivity contribution in [3.63, 3.8) is 0 Å². The van der Waals surface area contributed by atoms with E-state index in [4.69, 9.17) is 5.73 Å². The zero-order valence-corrected chi connectivity index (χ0v) is 19.6. The van der Waals surface area contributed by atoms with Crippen molar-refractivity contribution < 1.29 is 0 Å². The van der Waals surface area contributed by atoms with Gasteiger partial charge in [-0.05, 0) is 96.2 Å². The molecule has 2 aromatic rings. The van der Waals surface area contributed by atoms with Crippen LogP contribution in [-0.4, -0.2) is 24.5 Å². The van der Waals surface area contributed by atoms with Crippen LogP contribution < -0.4 is 5.73 Å². The molecule has 1 fully saturated rings. The summed E-state index contributed by atoms with van der Waals surface area (Å²) in [6.45, 7) is 6.48. The molecule has 1 saturated carbocycles. The molecule has 1 atom stereocenters. The molecule has 0 amide bonds. The second kappa shape index (κ2) is 9.77. The van der Waals surface area contributed by atoms with Gasteiger partial charge >= 0.3 is 0 Å². The lowest BCUT2D eigenvalue weighted by Gasteiger charge is -2.33.